The van der Waals surface area contributed by atoms with Gasteiger partial charge in [-0.2, -0.15) is 0 Å². The van der Waals surface area contributed by atoms with Gasteiger partial charge in [0, 0.05) is 36.2 Å². The Balaban J connectivity index is 1.48. The summed E-state index contributed by atoms with van der Waals surface area (Å²) < 4.78 is 0. The molecule has 0 bridgehead atoms. The first-order chi connectivity index (χ1) is 13.8. The molecular formula is C25H29N3. The zero-order valence-corrected chi connectivity index (χ0v) is 16.5. The number of nitrogens with two attached hydrogens (primary N) is 1. The molecule has 1 saturated heterocycles. The van der Waals surface area contributed by atoms with Gasteiger partial charge in [-0.15, -0.1) is 0 Å². The van der Waals surface area contributed by atoms with E-state index < -0.39 is 0 Å². The molecule has 3 heteroatoms. The van der Waals surface area contributed by atoms with E-state index in [9.17, 15) is 0 Å². The van der Waals surface area contributed by atoms with Gasteiger partial charge >= 0.3 is 0 Å². The van der Waals surface area contributed by atoms with E-state index in [1.54, 1.807) is 0 Å². The van der Waals surface area contributed by atoms with Gasteiger partial charge in [-0.1, -0.05) is 30.3 Å². The Bertz CT molecular complexity index is 899. The first-order valence-electron chi connectivity index (χ1n) is 10.4. The van der Waals surface area contributed by atoms with Gasteiger partial charge in [-0.05, 0) is 80.0 Å². The number of aromatic nitrogens is 1. The van der Waals surface area contributed by atoms with Gasteiger partial charge in [-0.25, -0.2) is 0 Å². The van der Waals surface area contributed by atoms with Crippen molar-refractivity contribution in [3.8, 4) is 11.3 Å². The predicted molar refractivity (Wildman–Crippen MR) is 119 cm³/mol. The third-order valence-electron chi connectivity index (χ3n) is 5.63. The lowest BCUT2D eigenvalue weighted by atomic mass is 10.0. The van der Waals surface area contributed by atoms with Crippen molar-refractivity contribution in [1.29, 1.82) is 0 Å². The molecule has 0 spiro atoms. The fraction of sp³-hybridized carbons (Fsp3) is 0.320. The van der Waals surface area contributed by atoms with Crippen LogP contribution in [0.5, 0.6) is 0 Å². The lowest BCUT2D eigenvalue weighted by molar-refractivity contribution is 0.578. The van der Waals surface area contributed by atoms with Crippen molar-refractivity contribution in [3.63, 3.8) is 0 Å². The average Bonchev–Trinajstić information content (AvgIpc) is 2.76. The summed E-state index contributed by atoms with van der Waals surface area (Å²) >= 11 is 0. The summed E-state index contributed by atoms with van der Waals surface area (Å²) in [5.41, 5.74) is 13.1. The minimum atomic E-state index is 0.801. The molecule has 2 N–H and O–H groups in total. The normalized spacial score (nSPS) is 14.2. The standard InChI is InChI=1S/C25H29N3/c26-24-13-12-22(28-16-5-2-6-17-28)19-23(24)25-18-21(14-15-27-25)11-7-10-20-8-3-1-4-9-20/h1,3-4,8-9,12-15,18-19H,2,5-7,10-11,16-17,26H2. The van der Waals surface area contributed by atoms with E-state index in [1.807, 2.05) is 12.3 Å². The maximum absolute atomic E-state index is 6.32. The van der Waals surface area contributed by atoms with Gasteiger partial charge in [0.1, 0.15) is 0 Å². The van der Waals surface area contributed by atoms with Crippen molar-refractivity contribution in [2.45, 2.75) is 38.5 Å². The summed E-state index contributed by atoms with van der Waals surface area (Å²) in [4.78, 5) is 7.09. The van der Waals surface area contributed by atoms with Crippen LogP contribution in [0.15, 0.2) is 66.9 Å². The van der Waals surface area contributed by atoms with E-state index in [-0.39, 0.29) is 0 Å². The number of pyridine rings is 1. The quantitative estimate of drug-likeness (QED) is 0.582. The van der Waals surface area contributed by atoms with Crippen molar-refractivity contribution in [2.75, 3.05) is 23.7 Å². The molecule has 0 unspecified atom stereocenters. The highest BCUT2D eigenvalue weighted by atomic mass is 15.1. The number of nitrogens with zero attached hydrogens (tertiary/aromatic N) is 2. The monoisotopic (exact) mass is 371 g/mol. The number of nitrogen functional groups attached to an aromatic ring is 1. The lowest BCUT2D eigenvalue weighted by Gasteiger charge is -2.29. The van der Waals surface area contributed by atoms with Crippen LogP contribution in [0.25, 0.3) is 11.3 Å². The molecule has 144 valence electrons. The molecule has 0 aliphatic carbocycles. The summed E-state index contributed by atoms with van der Waals surface area (Å²) in [7, 11) is 0. The molecule has 0 atom stereocenters. The zero-order chi connectivity index (χ0) is 19.2. The van der Waals surface area contributed by atoms with Crippen LogP contribution < -0.4 is 10.6 Å². The van der Waals surface area contributed by atoms with Gasteiger partial charge in [0.05, 0.1) is 5.69 Å². The first kappa shape index (κ1) is 18.5. The Kier molecular flexibility index (Phi) is 5.91. The Morgan fingerprint density at radius 2 is 1.61 bits per heavy atom. The molecule has 2 heterocycles. The Morgan fingerprint density at radius 1 is 0.821 bits per heavy atom. The van der Waals surface area contributed by atoms with Gasteiger partial charge < -0.3 is 10.6 Å². The average molecular weight is 372 g/mol. The van der Waals surface area contributed by atoms with Crippen LogP contribution in [0.3, 0.4) is 0 Å². The number of piperidine rings is 1. The molecule has 4 rings (SSSR count). The molecule has 1 aromatic heterocycles. The predicted octanol–water partition coefficient (Wildman–Crippen LogP) is 5.50. The summed E-state index contributed by atoms with van der Waals surface area (Å²) in [5.74, 6) is 0. The van der Waals surface area contributed by atoms with E-state index in [0.29, 0.717) is 0 Å². The lowest BCUT2D eigenvalue weighted by Crippen LogP contribution is -2.29. The molecular weight excluding hydrogens is 342 g/mol. The maximum Gasteiger partial charge on any atom is 0.0726 e. The summed E-state index contributed by atoms with van der Waals surface area (Å²) in [6.07, 6.45) is 9.09. The van der Waals surface area contributed by atoms with Crippen LogP contribution in [0.2, 0.25) is 0 Å². The van der Waals surface area contributed by atoms with Crippen LogP contribution in [0.1, 0.15) is 36.8 Å². The summed E-state index contributed by atoms with van der Waals surface area (Å²) in [6, 6.07) is 21.4. The van der Waals surface area contributed by atoms with Gasteiger partial charge in [0.25, 0.3) is 0 Å². The van der Waals surface area contributed by atoms with Crippen molar-refractivity contribution in [2.24, 2.45) is 0 Å². The van der Waals surface area contributed by atoms with E-state index in [1.165, 1.54) is 36.1 Å². The SMILES string of the molecule is Nc1ccc(N2CCCCC2)cc1-c1cc(CCCc2ccccc2)ccn1. The topological polar surface area (TPSA) is 42.1 Å². The molecule has 1 aliphatic heterocycles. The van der Waals surface area contributed by atoms with Crippen LogP contribution >= 0.6 is 0 Å². The maximum atomic E-state index is 6.32. The molecule has 28 heavy (non-hydrogen) atoms. The highest BCUT2D eigenvalue weighted by Crippen LogP contribution is 2.31. The number of benzene rings is 2. The highest BCUT2D eigenvalue weighted by Gasteiger charge is 2.13. The second-order valence-electron chi connectivity index (χ2n) is 7.71. The van der Waals surface area contributed by atoms with Crippen LogP contribution in [-0.2, 0) is 12.8 Å². The van der Waals surface area contributed by atoms with Crippen LogP contribution in [-0.4, -0.2) is 18.1 Å². The van der Waals surface area contributed by atoms with E-state index in [2.05, 4.69) is 64.5 Å². The van der Waals surface area contributed by atoms with Crippen molar-refractivity contribution in [3.05, 3.63) is 78.0 Å². The minimum Gasteiger partial charge on any atom is -0.398 e. The third kappa shape index (κ3) is 4.53. The zero-order valence-electron chi connectivity index (χ0n) is 16.5. The van der Waals surface area contributed by atoms with Crippen LogP contribution in [0, 0.1) is 0 Å². The van der Waals surface area contributed by atoms with E-state index in [4.69, 9.17) is 5.73 Å². The molecule has 3 aromatic rings. The van der Waals surface area contributed by atoms with E-state index >= 15 is 0 Å². The van der Waals surface area contributed by atoms with Crippen LogP contribution in [0.4, 0.5) is 11.4 Å². The Labute approximate surface area is 168 Å². The molecule has 2 aromatic carbocycles. The number of anilines is 2. The first-order valence-corrected chi connectivity index (χ1v) is 10.4. The Morgan fingerprint density at radius 3 is 2.43 bits per heavy atom. The number of rotatable bonds is 6. The second kappa shape index (κ2) is 8.92. The van der Waals surface area contributed by atoms with Gasteiger partial charge in [0.15, 0.2) is 0 Å². The van der Waals surface area contributed by atoms with Gasteiger partial charge in [0.2, 0.25) is 0 Å². The molecule has 3 nitrogen and oxygen atoms in total. The van der Waals surface area contributed by atoms with E-state index in [0.717, 1.165) is 49.3 Å². The molecule has 1 aliphatic rings. The molecule has 0 amide bonds. The smallest absolute Gasteiger partial charge is 0.0726 e. The number of hydrogen-bond donors (Lipinski definition) is 1. The van der Waals surface area contributed by atoms with Crippen molar-refractivity contribution >= 4 is 11.4 Å². The van der Waals surface area contributed by atoms with Crippen molar-refractivity contribution in [1.82, 2.24) is 4.98 Å². The largest absolute Gasteiger partial charge is 0.398 e. The summed E-state index contributed by atoms with van der Waals surface area (Å²) in [5, 5.41) is 0. The summed E-state index contributed by atoms with van der Waals surface area (Å²) in [6.45, 7) is 2.27. The van der Waals surface area contributed by atoms with Crippen molar-refractivity contribution < 1.29 is 0 Å². The van der Waals surface area contributed by atoms with Gasteiger partial charge in [-0.3, -0.25) is 4.98 Å². The molecule has 0 radical (unpaired) electrons. The fourth-order valence-electron chi connectivity index (χ4n) is 4.03. The second-order valence-corrected chi connectivity index (χ2v) is 7.71. The fourth-order valence-corrected chi connectivity index (χ4v) is 4.03. The Hall–Kier alpha value is -2.81. The molecule has 0 saturated carbocycles. The molecule has 1 fully saturated rings. The third-order valence-corrected chi connectivity index (χ3v) is 5.63. The minimum absolute atomic E-state index is 0.801. The number of aryl methyl sites for hydroxylation is 2. The highest BCUT2D eigenvalue weighted by molar-refractivity contribution is 5.78. The number of hydrogen-bond acceptors (Lipinski definition) is 3.